The normalized spacial score (nSPS) is 15.1. The number of ether oxygens (including phenoxy) is 1. The van der Waals surface area contributed by atoms with Crippen molar-refractivity contribution in [2.45, 2.75) is 19.9 Å². The smallest absolute Gasteiger partial charge is 0.239 e. The van der Waals surface area contributed by atoms with Crippen LogP contribution in [-0.2, 0) is 9.53 Å². The summed E-state index contributed by atoms with van der Waals surface area (Å²) in [5.41, 5.74) is 0. The average Bonchev–Trinajstić information content (AvgIpc) is 2.15. The summed E-state index contributed by atoms with van der Waals surface area (Å²) in [5.74, 6) is 0.583. The van der Waals surface area contributed by atoms with E-state index in [2.05, 4.69) is 11.8 Å². The van der Waals surface area contributed by atoms with Gasteiger partial charge in [0.25, 0.3) is 0 Å². The fourth-order valence-corrected chi connectivity index (χ4v) is 1.55. The van der Waals surface area contributed by atoms with E-state index in [1.54, 1.807) is 26.1 Å². The zero-order valence-electron chi connectivity index (χ0n) is 10.8. The Balaban J connectivity index is 4.08. The summed E-state index contributed by atoms with van der Waals surface area (Å²) in [7, 11) is 7.24. The number of hydrogen-bond acceptors (Lipinski definition) is 3. The second-order valence-corrected chi connectivity index (χ2v) is 4.41. The molecule has 0 fully saturated rings. The standard InChI is InChI=1S/C11H24N2O2/c1-9(8-15-6)7-13(5)10(2)11(14)12(3)4/h9-10H,7-8H2,1-6H3/t9-,10-/m1/s1. The van der Waals surface area contributed by atoms with Crippen LogP contribution in [0.4, 0.5) is 0 Å². The van der Waals surface area contributed by atoms with Gasteiger partial charge in [0.15, 0.2) is 0 Å². The minimum atomic E-state index is -0.0701. The van der Waals surface area contributed by atoms with Crippen LogP contribution in [-0.4, -0.2) is 63.2 Å². The fourth-order valence-electron chi connectivity index (χ4n) is 1.55. The molecule has 0 heterocycles. The van der Waals surface area contributed by atoms with Gasteiger partial charge in [-0.1, -0.05) is 6.92 Å². The van der Waals surface area contributed by atoms with Crippen LogP contribution in [0, 0.1) is 5.92 Å². The Kier molecular flexibility index (Phi) is 6.52. The Morgan fingerprint density at radius 2 is 1.80 bits per heavy atom. The van der Waals surface area contributed by atoms with Crippen LogP contribution >= 0.6 is 0 Å². The summed E-state index contributed by atoms with van der Waals surface area (Å²) < 4.78 is 5.07. The Morgan fingerprint density at radius 3 is 2.20 bits per heavy atom. The Hall–Kier alpha value is -0.610. The molecular formula is C11H24N2O2. The number of likely N-dealkylation sites (N-methyl/N-ethyl adjacent to an activating group) is 2. The highest BCUT2D eigenvalue weighted by Gasteiger charge is 2.20. The zero-order valence-corrected chi connectivity index (χ0v) is 10.8. The first-order chi connectivity index (χ1) is 6.90. The highest BCUT2D eigenvalue weighted by molar-refractivity contribution is 5.80. The lowest BCUT2D eigenvalue weighted by atomic mass is 10.1. The van der Waals surface area contributed by atoms with Crippen LogP contribution in [0.3, 0.4) is 0 Å². The second kappa shape index (κ2) is 6.80. The van der Waals surface area contributed by atoms with E-state index in [1.807, 2.05) is 14.0 Å². The Morgan fingerprint density at radius 1 is 1.27 bits per heavy atom. The number of methoxy groups -OCH3 is 1. The first-order valence-corrected chi connectivity index (χ1v) is 5.30. The number of rotatable bonds is 6. The summed E-state index contributed by atoms with van der Waals surface area (Å²) in [4.78, 5) is 15.4. The van der Waals surface area contributed by atoms with Crippen molar-refractivity contribution < 1.29 is 9.53 Å². The third-order valence-corrected chi connectivity index (χ3v) is 2.51. The van der Waals surface area contributed by atoms with Gasteiger partial charge >= 0.3 is 0 Å². The van der Waals surface area contributed by atoms with Crippen molar-refractivity contribution in [1.29, 1.82) is 0 Å². The molecule has 0 aliphatic rings. The van der Waals surface area contributed by atoms with Crippen LogP contribution in [0.2, 0.25) is 0 Å². The second-order valence-electron chi connectivity index (χ2n) is 4.41. The molecule has 0 aromatic heterocycles. The summed E-state index contributed by atoms with van der Waals surface area (Å²) in [6.45, 7) is 5.65. The van der Waals surface area contributed by atoms with E-state index >= 15 is 0 Å². The topological polar surface area (TPSA) is 32.8 Å². The van der Waals surface area contributed by atoms with E-state index in [9.17, 15) is 4.79 Å². The van der Waals surface area contributed by atoms with Crippen molar-refractivity contribution in [3.8, 4) is 0 Å². The monoisotopic (exact) mass is 216 g/mol. The molecule has 0 saturated carbocycles. The molecule has 0 saturated heterocycles. The first kappa shape index (κ1) is 14.4. The third-order valence-electron chi connectivity index (χ3n) is 2.51. The zero-order chi connectivity index (χ0) is 12.0. The van der Waals surface area contributed by atoms with E-state index in [0.29, 0.717) is 5.92 Å². The van der Waals surface area contributed by atoms with E-state index in [1.165, 1.54) is 0 Å². The number of amides is 1. The van der Waals surface area contributed by atoms with Crippen LogP contribution in [0.15, 0.2) is 0 Å². The maximum Gasteiger partial charge on any atom is 0.239 e. The van der Waals surface area contributed by atoms with E-state index in [-0.39, 0.29) is 11.9 Å². The molecule has 4 nitrogen and oxygen atoms in total. The van der Waals surface area contributed by atoms with Gasteiger partial charge < -0.3 is 9.64 Å². The van der Waals surface area contributed by atoms with Crippen LogP contribution < -0.4 is 0 Å². The lowest BCUT2D eigenvalue weighted by Gasteiger charge is -2.28. The molecule has 90 valence electrons. The molecule has 15 heavy (non-hydrogen) atoms. The molecule has 0 aromatic rings. The molecule has 4 heteroatoms. The maximum absolute atomic E-state index is 11.7. The number of carbonyl (C=O) groups is 1. The van der Waals surface area contributed by atoms with Crippen LogP contribution in [0.25, 0.3) is 0 Å². The van der Waals surface area contributed by atoms with Crippen molar-refractivity contribution in [2.24, 2.45) is 5.92 Å². The predicted octanol–water partition coefficient (Wildman–Crippen LogP) is 0.677. The van der Waals surface area contributed by atoms with Crippen molar-refractivity contribution >= 4 is 5.91 Å². The van der Waals surface area contributed by atoms with Gasteiger partial charge in [0, 0.05) is 34.4 Å². The molecular weight excluding hydrogens is 192 g/mol. The van der Waals surface area contributed by atoms with Gasteiger partial charge in [0.2, 0.25) is 5.91 Å². The summed E-state index contributed by atoms with van der Waals surface area (Å²) in [6, 6.07) is -0.0701. The van der Waals surface area contributed by atoms with Gasteiger partial charge in [-0.25, -0.2) is 0 Å². The summed E-state index contributed by atoms with van der Waals surface area (Å²) >= 11 is 0. The molecule has 0 bridgehead atoms. The van der Waals surface area contributed by atoms with E-state index < -0.39 is 0 Å². The van der Waals surface area contributed by atoms with Gasteiger partial charge in [-0.3, -0.25) is 9.69 Å². The molecule has 0 aliphatic heterocycles. The van der Waals surface area contributed by atoms with Crippen molar-refractivity contribution in [3.63, 3.8) is 0 Å². The van der Waals surface area contributed by atoms with Crippen LogP contribution in [0.5, 0.6) is 0 Å². The molecule has 0 N–H and O–H groups in total. The third kappa shape index (κ3) is 5.14. The molecule has 2 atom stereocenters. The van der Waals surface area contributed by atoms with Crippen molar-refractivity contribution in [2.75, 3.05) is 41.4 Å². The number of hydrogen-bond donors (Lipinski definition) is 0. The molecule has 0 aromatic carbocycles. The largest absolute Gasteiger partial charge is 0.384 e. The van der Waals surface area contributed by atoms with Gasteiger partial charge in [0.1, 0.15) is 0 Å². The molecule has 0 unspecified atom stereocenters. The number of nitrogens with zero attached hydrogens (tertiary/aromatic N) is 2. The predicted molar refractivity (Wildman–Crippen MR) is 61.8 cm³/mol. The van der Waals surface area contributed by atoms with Crippen LogP contribution in [0.1, 0.15) is 13.8 Å². The Bertz CT molecular complexity index is 195. The van der Waals surface area contributed by atoms with Crippen molar-refractivity contribution in [3.05, 3.63) is 0 Å². The molecule has 0 radical (unpaired) electrons. The lowest BCUT2D eigenvalue weighted by molar-refractivity contribution is -0.133. The van der Waals surface area contributed by atoms with Gasteiger partial charge in [-0.05, 0) is 19.9 Å². The van der Waals surface area contributed by atoms with Gasteiger partial charge in [0.05, 0.1) is 6.04 Å². The quantitative estimate of drug-likeness (QED) is 0.654. The highest BCUT2D eigenvalue weighted by atomic mass is 16.5. The minimum absolute atomic E-state index is 0.0701. The SMILES string of the molecule is COC[C@H](C)CN(C)[C@H](C)C(=O)N(C)C. The number of carbonyl (C=O) groups excluding carboxylic acids is 1. The van der Waals surface area contributed by atoms with Crippen molar-refractivity contribution in [1.82, 2.24) is 9.80 Å². The molecule has 0 spiro atoms. The molecule has 0 rings (SSSR count). The Labute approximate surface area is 93.2 Å². The lowest BCUT2D eigenvalue weighted by Crippen LogP contribution is -2.44. The minimum Gasteiger partial charge on any atom is -0.384 e. The average molecular weight is 216 g/mol. The maximum atomic E-state index is 11.7. The first-order valence-electron chi connectivity index (χ1n) is 5.30. The fraction of sp³-hybridized carbons (Fsp3) is 0.909. The summed E-state index contributed by atoms with van der Waals surface area (Å²) in [5, 5.41) is 0. The molecule has 1 amide bonds. The molecule has 0 aliphatic carbocycles. The highest BCUT2D eigenvalue weighted by Crippen LogP contribution is 2.04. The van der Waals surface area contributed by atoms with E-state index in [0.717, 1.165) is 13.2 Å². The van der Waals surface area contributed by atoms with E-state index in [4.69, 9.17) is 4.74 Å². The van der Waals surface area contributed by atoms with Gasteiger partial charge in [-0.15, -0.1) is 0 Å². The van der Waals surface area contributed by atoms with Gasteiger partial charge in [-0.2, -0.15) is 0 Å². The summed E-state index contributed by atoms with van der Waals surface area (Å²) in [6.07, 6.45) is 0.